The number of fused-ring (bicyclic) bond motifs is 4. The molecule has 2 amide bonds. The Balaban J connectivity index is 1.65. The van der Waals surface area contributed by atoms with Crippen LogP contribution in [0.15, 0.2) is 23.0 Å². The number of nitrogens with two attached hydrogens (primary N) is 1. The van der Waals surface area contributed by atoms with E-state index in [1.807, 2.05) is 6.07 Å². The molecule has 3 atom stereocenters. The number of rotatable bonds is 3. The fraction of sp³-hybridized carbons (Fsp3) is 0.471. The van der Waals surface area contributed by atoms with Crippen molar-refractivity contribution in [3.63, 3.8) is 0 Å². The Morgan fingerprint density at radius 1 is 1.37 bits per heavy atom. The van der Waals surface area contributed by atoms with Gasteiger partial charge in [0.15, 0.2) is 0 Å². The van der Waals surface area contributed by atoms with Crippen molar-refractivity contribution >= 4 is 17.8 Å². The molecule has 4 rings (SSSR count). The molecule has 2 bridgehead atoms. The molecular weight excluding hydrogens is 350 g/mol. The molecule has 4 N–H and O–H groups in total. The van der Waals surface area contributed by atoms with Crippen molar-refractivity contribution in [3.05, 3.63) is 40.1 Å². The number of hydrogen-bond acceptors (Lipinski definition) is 6. The monoisotopic (exact) mass is 371 g/mol. The Kier molecular flexibility index (Phi) is 4.17. The van der Waals surface area contributed by atoms with Crippen molar-refractivity contribution in [2.45, 2.75) is 31.8 Å². The molecule has 2 aromatic rings. The molecule has 1 saturated heterocycles. The van der Waals surface area contributed by atoms with Crippen LogP contribution in [0.25, 0.3) is 0 Å². The second kappa shape index (κ2) is 6.53. The van der Waals surface area contributed by atoms with Gasteiger partial charge in [0, 0.05) is 43.6 Å². The number of piperidine rings is 1. The highest BCUT2D eigenvalue weighted by Gasteiger charge is 2.44. The first-order valence-electron chi connectivity index (χ1n) is 8.85. The molecule has 0 saturated carbocycles. The van der Waals surface area contributed by atoms with E-state index in [-0.39, 0.29) is 41.7 Å². The molecule has 2 aliphatic rings. The molecule has 2 aromatic heterocycles. The van der Waals surface area contributed by atoms with Gasteiger partial charge < -0.3 is 16.0 Å². The lowest BCUT2D eigenvalue weighted by Crippen LogP contribution is -2.54. The third-order valence-electron chi connectivity index (χ3n) is 5.34. The minimum absolute atomic E-state index is 0.0206. The molecule has 2 aliphatic heterocycles. The topological polar surface area (TPSA) is 139 Å². The molecule has 4 heterocycles. The minimum atomic E-state index is -0.674. The van der Waals surface area contributed by atoms with Crippen LogP contribution in [-0.4, -0.2) is 49.6 Å². The summed E-state index contributed by atoms with van der Waals surface area (Å²) < 4.78 is 1.58. The summed E-state index contributed by atoms with van der Waals surface area (Å²) in [6.07, 6.45) is 0.764. The van der Waals surface area contributed by atoms with Crippen molar-refractivity contribution in [1.82, 2.24) is 30.0 Å². The number of aromatic nitrogens is 4. The number of hydrogen-bond donors (Lipinski definition) is 3. The molecule has 27 heavy (non-hydrogen) atoms. The Bertz CT molecular complexity index is 950. The van der Waals surface area contributed by atoms with Gasteiger partial charge in [-0.3, -0.25) is 24.0 Å². The zero-order chi connectivity index (χ0) is 19.1. The van der Waals surface area contributed by atoms with E-state index in [2.05, 4.69) is 20.5 Å². The van der Waals surface area contributed by atoms with E-state index >= 15 is 0 Å². The Morgan fingerprint density at radius 3 is 2.89 bits per heavy atom. The molecule has 0 unspecified atom stereocenters. The van der Waals surface area contributed by atoms with E-state index in [0.717, 1.165) is 12.1 Å². The fourth-order valence-electron chi connectivity index (χ4n) is 4.19. The van der Waals surface area contributed by atoms with Gasteiger partial charge in [-0.1, -0.05) is 6.07 Å². The molecule has 142 valence electrons. The lowest BCUT2D eigenvalue weighted by Gasteiger charge is -2.46. The van der Waals surface area contributed by atoms with E-state index < -0.39 is 6.04 Å². The maximum Gasteiger partial charge on any atom is 0.251 e. The van der Waals surface area contributed by atoms with Crippen LogP contribution in [0, 0.1) is 5.92 Å². The quantitative estimate of drug-likeness (QED) is 0.657. The number of amides is 2. The number of pyridine rings is 1. The summed E-state index contributed by atoms with van der Waals surface area (Å²) >= 11 is 0. The van der Waals surface area contributed by atoms with Crippen LogP contribution in [0.5, 0.6) is 0 Å². The van der Waals surface area contributed by atoms with Gasteiger partial charge in [0.25, 0.3) is 5.56 Å². The second-order valence-electron chi connectivity index (χ2n) is 7.08. The first-order chi connectivity index (χ1) is 12.9. The van der Waals surface area contributed by atoms with Crippen molar-refractivity contribution < 1.29 is 9.59 Å². The molecule has 0 aromatic carbocycles. The van der Waals surface area contributed by atoms with Crippen molar-refractivity contribution in [3.8, 4) is 0 Å². The molecule has 0 radical (unpaired) electrons. The van der Waals surface area contributed by atoms with Gasteiger partial charge in [0.2, 0.25) is 17.8 Å². The van der Waals surface area contributed by atoms with Gasteiger partial charge >= 0.3 is 0 Å². The smallest absolute Gasteiger partial charge is 0.251 e. The molecule has 10 heteroatoms. The predicted molar refractivity (Wildman–Crippen MR) is 95.5 cm³/mol. The number of H-pyrrole nitrogens is 1. The SMILES string of the molecule is CC(=O)N1C[C@H]2C[C@@H](C1)[C@H](C(=O)NCc1nc(N)n[nH]1)n1c2cccc1=O. The standard InChI is InChI=1S/C17H21N7O3/c1-9(25)23-7-10-5-11(8-23)15(24-12(10)3-2-4-14(24)26)16(27)19-6-13-20-17(18)22-21-13/h2-4,10-11,15H,5-8H2,1H3,(H,19,27)(H3,18,20,21,22)/t10-,11+,15-/m1/s1. The van der Waals surface area contributed by atoms with Crippen LogP contribution in [0.4, 0.5) is 5.95 Å². The van der Waals surface area contributed by atoms with Crippen molar-refractivity contribution in [2.75, 3.05) is 18.8 Å². The number of aromatic amines is 1. The van der Waals surface area contributed by atoms with Gasteiger partial charge in [-0.2, -0.15) is 4.98 Å². The molecule has 0 aliphatic carbocycles. The summed E-state index contributed by atoms with van der Waals surface area (Å²) in [6.45, 7) is 2.69. The number of nitrogens with one attached hydrogen (secondary N) is 2. The third kappa shape index (κ3) is 3.07. The third-order valence-corrected chi connectivity index (χ3v) is 5.34. The number of likely N-dealkylation sites (tertiary alicyclic amines) is 1. The summed E-state index contributed by atoms with van der Waals surface area (Å²) in [5, 5.41) is 9.17. The highest BCUT2D eigenvalue weighted by atomic mass is 16.2. The van der Waals surface area contributed by atoms with Gasteiger partial charge in [-0.15, -0.1) is 5.10 Å². The highest BCUT2D eigenvalue weighted by Crippen LogP contribution is 2.41. The average Bonchev–Trinajstić information content (AvgIpc) is 3.06. The van der Waals surface area contributed by atoms with E-state index in [4.69, 9.17) is 5.73 Å². The van der Waals surface area contributed by atoms with E-state index in [1.54, 1.807) is 15.5 Å². The van der Waals surface area contributed by atoms with Crippen LogP contribution in [0.3, 0.4) is 0 Å². The Morgan fingerprint density at radius 2 is 2.19 bits per heavy atom. The lowest BCUT2D eigenvalue weighted by molar-refractivity contribution is -0.135. The first-order valence-corrected chi connectivity index (χ1v) is 8.85. The Labute approximate surface area is 154 Å². The normalized spacial score (nSPS) is 23.6. The molecule has 1 fully saturated rings. The van der Waals surface area contributed by atoms with E-state index in [0.29, 0.717) is 18.9 Å². The first kappa shape index (κ1) is 17.3. The zero-order valence-electron chi connectivity index (χ0n) is 14.9. The largest absolute Gasteiger partial charge is 0.367 e. The van der Waals surface area contributed by atoms with Crippen LogP contribution in [-0.2, 0) is 16.1 Å². The molecular formula is C17H21N7O3. The van der Waals surface area contributed by atoms with Gasteiger partial charge in [0.1, 0.15) is 11.9 Å². The number of nitrogen functional groups attached to an aromatic ring is 1. The number of carbonyl (C=O) groups excluding carboxylic acids is 2. The fourth-order valence-corrected chi connectivity index (χ4v) is 4.19. The van der Waals surface area contributed by atoms with Crippen molar-refractivity contribution in [1.29, 1.82) is 0 Å². The zero-order valence-corrected chi connectivity index (χ0v) is 14.9. The van der Waals surface area contributed by atoms with E-state index in [1.165, 1.54) is 13.0 Å². The van der Waals surface area contributed by atoms with Gasteiger partial charge in [0.05, 0.1) is 6.54 Å². The summed E-state index contributed by atoms with van der Waals surface area (Å²) in [7, 11) is 0. The lowest BCUT2D eigenvalue weighted by atomic mass is 9.78. The van der Waals surface area contributed by atoms with Gasteiger partial charge in [-0.25, -0.2) is 0 Å². The minimum Gasteiger partial charge on any atom is -0.367 e. The Hall–Kier alpha value is -3.17. The maximum atomic E-state index is 13.0. The number of anilines is 1. The summed E-state index contributed by atoms with van der Waals surface area (Å²) in [5.41, 5.74) is 6.07. The number of nitrogens with zero attached hydrogens (tertiary/aromatic N) is 4. The summed E-state index contributed by atoms with van der Waals surface area (Å²) in [6, 6.07) is 4.36. The molecule has 0 spiro atoms. The highest BCUT2D eigenvalue weighted by molar-refractivity contribution is 5.81. The average molecular weight is 371 g/mol. The van der Waals surface area contributed by atoms with E-state index in [9.17, 15) is 14.4 Å². The predicted octanol–water partition coefficient (Wildman–Crippen LogP) is -0.628. The summed E-state index contributed by atoms with van der Waals surface area (Å²) in [4.78, 5) is 43.2. The van der Waals surface area contributed by atoms with Crippen LogP contribution < -0.4 is 16.6 Å². The van der Waals surface area contributed by atoms with Crippen LogP contribution >= 0.6 is 0 Å². The van der Waals surface area contributed by atoms with Crippen molar-refractivity contribution in [2.24, 2.45) is 5.92 Å². The van der Waals surface area contributed by atoms with Gasteiger partial charge in [-0.05, 0) is 12.5 Å². The van der Waals surface area contributed by atoms with Crippen LogP contribution in [0.2, 0.25) is 0 Å². The second-order valence-corrected chi connectivity index (χ2v) is 7.08. The maximum absolute atomic E-state index is 13.0. The number of carbonyl (C=O) groups is 2. The molecule has 10 nitrogen and oxygen atoms in total. The van der Waals surface area contributed by atoms with Crippen LogP contribution in [0.1, 0.15) is 36.8 Å². The summed E-state index contributed by atoms with van der Waals surface area (Å²) in [5.74, 6) is 0.163.